The summed E-state index contributed by atoms with van der Waals surface area (Å²) in [6, 6.07) is 75.7. The molecular formula is C64H38N6S. The molecule has 0 radical (unpaired) electrons. The zero-order chi connectivity index (χ0) is 46.4. The predicted octanol–water partition coefficient (Wildman–Crippen LogP) is 15.7. The Kier molecular flexibility index (Phi) is 7.94. The molecule has 1 aliphatic carbocycles. The molecule has 1 aliphatic heterocycles. The molecule has 71 heavy (non-hydrogen) atoms. The minimum absolute atomic E-state index is 0.647. The van der Waals surface area contributed by atoms with Gasteiger partial charge in [-0.15, -0.1) is 0 Å². The first kappa shape index (κ1) is 38.9. The Morgan fingerprint density at radius 1 is 0.338 bits per heavy atom. The van der Waals surface area contributed by atoms with Gasteiger partial charge in [-0.25, -0.2) is 0 Å². The molecule has 0 saturated heterocycles. The molecule has 6 aromatic heterocycles. The maximum absolute atomic E-state index is 5.06. The first-order chi connectivity index (χ1) is 35.2. The van der Waals surface area contributed by atoms with Gasteiger partial charge in [-0.05, 0) is 118 Å². The fourth-order valence-electron chi connectivity index (χ4n) is 12.5. The van der Waals surface area contributed by atoms with Gasteiger partial charge in [0.2, 0.25) is 0 Å². The molecule has 14 aromatic rings. The second kappa shape index (κ2) is 14.5. The summed E-state index contributed by atoms with van der Waals surface area (Å²) in [4.78, 5) is 17.3. The Bertz CT molecular complexity index is 4440. The lowest BCUT2D eigenvalue weighted by Gasteiger charge is -2.39. The van der Waals surface area contributed by atoms with E-state index in [1.54, 1.807) is 0 Å². The molecule has 0 N–H and O–H groups in total. The van der Waals surface area contributed by atoms with E-state index in [1.165, 1.54) is 80.9 Å². The first-order valence-electron chi connectivity index (χ1n) is 24.1. The van der Waals surface area contributed by atoms with Crippen LogP contribution in [0.5, 0.6) is 0 Å². The number of nitrogens with zero attached hydrogens (tertiary/aromatic N) is 6. The van der Waals surface area contributed by atoms with Gasteiger partial charge in [0.15, 0.2) is 0 Å². The molecule has 7 heteroatoms. The highest BCUT2D eigenvalue weighted by Crippen LogP contribution is 2.62. The number of benzene rings is 8. The van der Waals surface area contributed by atoms with Crippen molar-refractivity contribution in [1.29, 1.82) is 0 Å². The molecule has 0 atom stereocenters. The van der Waals surface area contributed by atoms with Crippen molar-refractivity contribution >= 4 is 77.2 Å². The van der Waals surface area contributed by atoms with Crippen LogP contribution < -0.4 is 0 Å². The highest BCUT2D eigenvalue weighted by atomic mass is 32.2. The fourth-order valence-corrected chi connectivity index (χ4v) is 13.7. The van der Waals surface area contributed by atoms with E-state index >= 15 is 0 Å². The molecule has 7 heterocycles. The van der Waals surface area contributed by atoms with Gasteiger partial charge < -0.3 is 13.7 Å². The predicted molar refractivity (Wildman–Crippen MR) is 290 cm³/mol. The summed E-state index contributed by atoms with van der Waals surface area (Å²) in [6.45, 7) is 0. The van der Waals surface area contributed by atoms with E-state index < -0.39 is 5.41 Å². The van der Waals surface area contributed by atoms with Crippen molar-refractivity contribution in [3.8, 4) is 39.6 Å². The van der Waals surface area contributed by atoms with Crippen molar-refractivity contribution in [3.05, 3.63) is 253 Å². The second-order valence-electron chi connectivity index (χ2n) is 18.7. The van der Waals surface area contributed by atoms with Crippen molar-refractivity contribution in [1.82, 2.24) is 28.7 Å². The van der Waals surface area contributed by atoms with E-state index in [0.717, 1.165) is 56.2 Å². The molecule has 0 amide bonds. The van der Waals surface area contributed by atoms with Crippen LogP contribution in [-0.2, 0) is 5.41 Å². The third-order valence-corrected chi connectivity index (χ3v) is 16.4. The van der Waals surface area contributed by atoms with Crippen LogP contribution in [-0.4, -0.2) is 28.7 Å². The lowest BCUT2D eigenvalue weighted by molar-refractivity contribution is 0.718. The van der Waals surface area contributed by atoms with Gasteiger partial charge in [-0.1, -0.05) is 133 Å². The number of pyridine rings is 3. The van der Waals surface area contributed by atoms with Crippen LogP contribution in [0.3, 0.4) is 0 Å². The van der Waals surface area contributed by atoms with Gasteiger partial charge in [-0.3, -0.25) is 15.0 Å². The van der Waals surface area contributed by atoms with Gasteiger partial charge in [0.25, 0.3) is 0 Å². The molecule has 1 spiro atoms. The van der Waals surface area contributed by atoms with Crippen molar-refractivity contribution < 1.29 is 0 Å². The number of para-hydroxylation sites is 5. The summed E-state index contributed by atoms with van der Waals surface area (Å²) < 4.78 is 7.22. The molecular weight excluding hydrogens is 885 g/mol. The number of hydrogen-bond donors (Lipinski definition) is 0. The fraction of sp³-hybridized carbons (Fsp3) is 0.0156. The van der Waals surface area contributed by atoms with Crippen LogP contribution in [0.25, 0.3) is 105 Å². The summed E-state index contributed by atoms with van der Waals surface area (Å²) in [7, 11) is 0. The zero-order valence-electron chi connectivity index (χ0n) is 38.0. The number of rotatable bonds is 4. The zero-order valence-corrected chi connectivity index (χ0v) is 38.8. The van der Waals surface area contributed by atoms with Gasteiger partial charge in [0.1, 0.15) is 0 Å². The number of fused-ring (bicyclic) bond motifs is 18. The van der Waals surface area contributed by atoms with Crippen molar-refractivity contribution in [2.45, 2.75) is 15.2 Å². The summed E-state index contributed by atoms with van der Waals surface area (Å²) in [5, 5.41) is 7.34. The highest BCUT2D eigenvalue weighted by molar-refractivity contribution is 7.99. The lowest BCUT2D eigenvalue weighted by Crippen LogP contribution is -2.32. The largest absolute Gasteiger partial charge is 0.309 e. The minimum atomic E-state index is -0.647. The summed E-state index contributed by atoms with van der Waals surface area (Å²) in [5.41, 5.74) is 18.6. The first-order valence-corrected chi connectivity index (χ1v) is 24.9. The molecule has 2 aliphatic rings. The topological polar surface area (TPSA) is 53.5 Å². The minimum Gasteiger partial charge on any atom is -0.309 e. The monoisotopic (exact) mass is 922 g/mol. The Balaban J connectivity index is 0.887. The molecule has 6 nitrogen and oxygen atoms in total. The molecule has 0 unspecified atom stereocenters. The molecule has 8 aromatic carbocycles. The highest BCUT2D eigenvalue weighted by Gasteiger charge is 2.51. The van der Waals surface area contributed by atoms with E-state index in [-0.39, 0.29) is 0 Å². The molecule has 0 saturated carbocycles. The second-order valence-corrected chi connectivity index (χ2v) is 19.8. The van der Waals surface area contributed by atoms with E-state index in [9.17, 15) is 0 Å². The Morgan fingerprint density at radius 3 is 1.45 bits per heavy atom. The molecule has 16 rings (SSSR count). The average molecular weight is 923 g/mol. The van der Waals surface area contributed by atoms with Crippen molar-refractivity contribution in [3.63, 3.8) is 0 Å². The van der Waals surface area contributed by atoms with Crippen LogP contribution in [0.15, 0.2) is 241 Å². The SMILES string of the molecule is c1cnc2c(c1)C1(c3ccc(-c4ccc5c(c4)c4ccccc4n5-c4cnccc4-n4c5ccccc5c5ccccc54)cc3Sc3ccc(-n4c5ccccc5c5ccccc54)cc31)c1cccnc1-2. The average Bonchev–Trinajstić information content (AvgIpc) is 4.15. The third kappa shape index (κ3) is 5.20. The van der Waals surface area contributed by atoms with E-state index in [1.807, 2.05) is 36.5 Å². The standard InChI is InChI=1S/C64H38N6S/c1-6-20-52-42(13-1)43-14-2-7-21-53(43)68(52)41-27-30-60-51(37-41)64(49-18-11-32-66-62(49)63-50(64)19-12-33-67-63)48-28-25-40(36-61(48)71-60)39-26-29-57-47(35-39)46-17-5-10-24-56(46)70(57)59-38-65-34-31-58(59)69-54-22-8-3-15-44(54)45-16-4-9-23-55(45)69/h1-38H. The van der Waals surface area contributed by atoms with Crippen LogP contribution in [0.2, 0.25) is 0 Å². The Labute approximate surface area is 411 Å². The van der Waals surface area contributed by atoms with E-state index in [0.29, 0.717) is 0 Å². The maximum Gasteiger partial charge on any atom is 0.0937 e. The van der Waals surface area contributed by atoms with Gasteiger partial charge in [0.05, 0.1) is 67.5 Å². The third-order valence-electron chi connectivity index (χ3n) is 15.3. The van der Waals surface area contributed by atoms with Gasteiger partial charge >= 0.3 is 0 Å². The Hall–Kier alpha value is -9.04. The van der Waals surface area contributed by atoms with Crippen molar-refractivity contribution in [2.75, 3.05) is 0 Å². The van der Waals surface area contributed by atoms with Crippen molar-refractivity contribution in [2.24, 2.45) is 0 Å². The van der Waals surface area contributed by atoms with Gasteiger partial charge in [-0.2, -0.15) is 0 Å². The maximum atomic E-state index is 5.06. The Morgan fingerprint density at radius 2 is 0.845 bits per heavy atom. The van der Waals surface area contributed by atoms with Crippen LogP contribution in [0.4, 0.5) is 0 Å². The summed E-state index contributed by atoms with van der Waals surface area (Å²) >= 11 is 1.86. The lowest BCUT2D eigenvalue weighted by atomic mass is 9.67. The molecule has 330 valence electrons. The summed E-state index contributed by atoms with van der Waals surface area (Å²) in [6.07, 6.45) is 7.73. The molecule has 0 fully saturated rings. The quantitative estimate of drug-likeness (QED) is 0.176. The van der Waals surface area contributed by atoms with E-state index in [2.05, 4.69) is 220 Å². The van der Waals surface area contributed by atoms with E-state index in [4.69, 9.17) is 15.0 Å². The van der Waals surface area contributed by atoms with Gasteiger partial charge in [0, 0.05) is 66.4 Å². The summed E-state index contributed by atoms with van der Waals surface area (Å²) in [5.74, 6) is 0. The number of aromatic nitrogens is 6. The smallest absolute Gasteiger partial charge is 0.0937 e. The van der Waals surface area contributed by atoms with Crippen LogP contribution in [0, 0.1) is 0 Å². The normalized spacial score (nSPS) is 13.4. The van der Waals surface area contributed by atoms with Crippen LogP contribution >= 0.6 is 11.8 Å². The molecule has 0 bridgehead atoms. The van der Waals surface area contributed by atoms with Crippen LogP contribution in [0.1, 0.15) is 22.3 Å². The number of hydrogen-bond acceptors (Lipinski definition) is 4.